The van der Waals surface area contributed by atoms with E-state index in [0.29, 0.717) is 4.91 Å². The van der Waals surface area contributed by atoms with Gasteiger partial charge in [-0.15, -0.1) is 0 Å². The summed E-state index contributed by atoms with van der Waals surface area (Å²) >= 11 is 6.52. The molecule has 0 saturated carbocycles. The van der Waals surface area contributed by atoms with E-state index < -0.39 is 12.5 Å². The van der Waals surface area contributed by atoms with Crippen LogP contribution in [0.15, 0.2) is 83.8 Å². The number of carbonyl (C=O) groups excluding carboxylic acids is 1. The van der Waals surface area contributed by atoms with Gasteiger partial charge < -0.3 is 10.0 Å². The molecule has 2 aliphatic rings. The van der Waals surface area contributed by atoms with Crippen LogP contribution in [-0.4, -0.2) is 39.3 Å². The Bertz CT molecular complexity index is 1590. The summed E-state index contributed by atoms with van der Waals surface area (Å²) in [5, 5.41) is 9.27. The van der Waals surface area contributed by atoms with Gasteiger partial charge in [0.05, 0.1) is 10.9 Å². The summed E-state index contributed by atoms with van der Waals surface area (Å²) in [4.78, 5) is 28.6. The number of nitrogens with zero attached hydrogens (tertiary/aromatic N) is 2. The molecular weight excluding hydrogens is 669 g/mol. The zero-order chi connectivity index (χ0) is 35.8. The Morgan fingerprint density at radius 1 is 0.745 bits per heavy atom. The standard InChI is InChI=1S/C44H56N2O3S2/c1-2-3-4-5-6-7-8-9-10-11-12-13-14-15-16-23-30-45-38-29-28-34(32-39-43(49)46(33-40(47)48)44(50)51-39)31-37(38)41(35-24-19-17-20-25-35)42(45)36-26-21-18-22-27-36/h17-22,24-29,31-32,41-42H,2-16,23,30,33H2,1H3,(H,47,48)/b39-32-. The smallest absolute Gasteiger partial charge is 0.323 e. The average Bonchev–Trinajstić information content (AvgIpc) is 3.60. The van der Waals surface area contributed by atoms with Crippen molar-refractivity contribution in [2.45, 2.75) is 122 Å². The number of fused-ring (bicyclic) bond motifs is 1. The number of thioether (sulfide) groups is 1. The van der Waals surface area contributed by atoms with Crippen molar-refractivity contribution >= 4 is 51.9 Å². The molecule has 2 unspecified atom stereocenters. The minimum Gasteiger partial charge on any atom is -0.480 e. The normalized spacial score (nSPS) is 17.9. The first-order chi connectivity index (χ1) is 25.0. The van der Waals surface area contributed by atoms with E-state index >= 15 is 0 Å². The van der Waals surface area contributed by atoms with Gasteiger partial charge in [-0.2, -0.15) is 0 Å². The predicted octanol–water partition coefficient (Wildman–Crippen LogP) is 11.9. The van der Waals surface area contributed by atoms with Gasteiger partial charge in [-0.05, 0) is 46.9 Å². The lowest BCUT2D eigenvalue weighted by atomic mass is 9.84. The highest BCUT2D eigenvalue weighted by molar-refractivity contribution is 8.26. The number of benzene rings is 3. The van der Waals surface area contributed by atoms with Crippen LogP contribution in [0.1, 0.15) is 144 Å². The molecule has 3 aromatic rings. The molecule has 0 aliphatic carbocycles. The van der Waals surface area contributed by atoms with E-state index in [-0.39, 0.29) is 22.2 Å². The highest BCUT2D eigenvalue weighted by atomic mass is 32.2. The van der Waals surface area contributed by atoms with Crippen LogP contribution in [0.5, 0.6) is 0 Å². The number of amides is 1. The minimum absolute atomic E-state index is 0.125. The topological polar surface area (TPSA) is 60.9 Å². The van der Waals surface area contributed by atoms with Crippen LogP contribution >= 0.6 is 24.0 Å². The third-order valence-electron chi connectivity index (χ3n) is 10.4. The lowest BCUT2D eigenvalue weighted by molar-refractivity contribution is -0.140. The van der Waals surface area contributed by atoms with E-state index in [1.165, 1.54) is 135 Å². The molecule has 272 valence electrons. The lowest BCUT2D eigenvalue weighted by Crippen LogP contribution is -2.33. The van der Waals surface area contributed by atoms with Gasteiger partial charge in [0, 0.05) is 18.2 Å². The van der Waals surface area contributed by atoms with Gasteiger partial charge in [0.1, 0.15) is 10.9 Å². The molecule has 0 bridgehead atoms. The van der Waals surface area contributed by atoms with Gasteiger partial charge in [0.15, 0.2) is 0 Å². The Kier molecular flexibility index (Phi) is 15.7. The number of hydrogen-bond acceptors (Lipinski definition) is 5. The fourth-order valence-electron chi connectivity index (χ4n) is 7.73. The first kappa shape index (κ1) is 38.8. The number of carbonyl (C=O) groups is 2. The number of carboxylic acid groups (broad SMARTS) is 1. The molecule has 0 spiro atoms. The molecule has 2 aliphatic heterocycles. The van der Waals surface area contributed by atoms with E-state index in [2.05, 4.69) is 90.7 Å². The van der Waals surface area contributed by atoms with Crippen molar-refractivity contribution in [3.05, 3.63) is 106 Å². The van der Waals surface area contributed by atoms with Crippen molar-refractivity contribution in [1.29, 1.82) is 0 Å². The molecule has 51 heavy (non-hydrogen) atoms. The SMILES string of the molecule is CCCCCCCCCCCCCCCCCCN1c2ccc(/C=C3\SC(=S)N(CC(=O)O)C3=O)cc2C(c2ccccc2)C1c1ccccc1. The third-order valence-corrected chi connectivity index (χ3v) is 11.7. The van der Waals surface area contributed by atoms with Crippen molar-refractivity contribution in [3.8, 4) is 0 Å². The first-order valence-corrected chi connectivity index (χ1v) is 20.7. The fraction of sp³-hybridized carbons (Fsp3) is 0.477. The Morgan fingerprint density at radius 2 is 1.27 bits per heavy atom. The number of thiocarbonyl (C=S) groups is 1. The summed E-state index contributed by atoms with van der Waals surface area (Å²) in [7, 11) is 0. The second-order valence-corrected chi connectivity index (χ2v) is 15.9. The van der Waals surface area contributed by atoms with E-state index in [1.54, 1.807) is 0 Å². The summed E-state index contributed by atoms with van der Waals surface area (Å²) in [6.07, 6.45) is 23.6. The largest absolute Gasteiger partial charge is 0.480 e. The van der Waals surface area contributed by atoms with Crippen molar-refractivity contribution < 1.29 is 14.7 Å². The van der Waals surface area contributed by atoms with Crippen molar-refractivity contribution in [2.24, 2.45) is 0 Å². The number of anilines is 1. The zero-order valence-corrected chi connectivity index (χ0v) is 32.1. The van der Waals surface area contributed by atoms with Crippen LogP contribution in [0.25, 0.3) is 6.08 Å². The molecule has 2 heterocycles. The van der Waals surface area contributed by atoms with E-state index in [9.17, 15) is 14.7 Å². The average molecular weight is 725 g/mol. The number of rotatable bonds is 22. The minimum atomic E-state index is -1.08. The molecule has 1 N–H and O–H groups in total. The molecule has 3 aromatic carbocycles. The number of aliphatic carboxylic acids is 1. The number of unbranched alkanes of at least 4 members (excludes halogenated alkanes) is 15. The van der Waals surface area contributed by atoms with Crippen molar-refractivity contribution in [3.63, 3.8) is 0 Å². The Morgan fingerprint density at radius 3 is 1.82 bits per heavy atom. The maximum atomic E-state index is 13.1. The predicted molar refractivity (Wildman–Crippen MR) is 218 cm³/mol. The molecule has 1 saturated heterocycles. The molecule has 1 amide bonds. The van der Waals surface area contributed by atoms with Gasteiger partial charge in [-0.25, -0.2) is 0 Å². The highest BCUT2D eigenvalue weighted by Gasteiger charge is 2.40. The monoisotopic (exact) mass is 724 g/mol. The second-order valence-electron chi connectivity index (χ2n) is 14.2. The van der Waals surface area contributed by atoms with Crippen LogP contribution in [-0.2, 0) is 9.59 Å². The summed E-state index contributed by atoms with van der Waals surface area (Å²) in [5.74, 6) is -1.30. The Labute approximate surface area is 315 Å². The van der Waals surface area contributed by atoms with Gasteiger partial charge >= 0.3 is 5.97 Å². The lowest BCUT2D eigenvalue weighted by Gasteiger charge is -2.31. The van der Waals surface area contributed by atoms with Gasteiger partial charge in [-0.1, -0.05) is 194 Å². The molecular formula is C44H56N2O3S2. The fourth-order valence-corrected chi connectivity index (χ4v) is 8.99. The summed E-state index contributed by atoms with van der Waals surface area (Å²) in [6.45, 7) is 2.85. The molecule has 5 rings (SSSR count). The summed E-state index contributed by atoms with van der Waals surface area (Å²) in [6, 6.07) is 28.3. The number of hydrogen-bond donors (Lipinski definition) is 1. The summed E-state index contributed by atoms with van der Waals surface area (Å²) in [5.41, 5.74) is 5.99. The van der Waals surface area contributed by atoms with Crippen LogP contribution in [0, 0.1) is 0 Å². The molecule has 1 fully saturated rings. The zero-order valence-electron chi connectivity index (χ0n) is 30.4. The van der Waals surface area contributed by atoms with E-state index in [1.807, 2.05) is 6.08 Å². The quantitative estimate of drug-likeness (QED) is 0.0632. The van der Waals surface area contributed by atoms with Gasteiger partial charge in [0.25, 0.3) is 5.91 Å². The third kappa shape index (κ3) is 11.0. The first-order valence-electron chi connectivity index (χ1n) is 19.5. The molecule has 0 aromatic heterocycles. The Balaban J connectivity index is 1.21. The van der Waals surface area contributed by atoms with E-state index in [4.69, 9.17) is 12.2 Å². The van der Waals surface area contributed by atoms with Crippen LogP contribution in [0.3, 0.4) is 0 Å². The highest BCUT2D eigenvalue weighted by Crippen LogP contribution is 2.52. The molecule has 2 atom stereocenters. The van der Waals surface area contributed by atoms with Crippen LogP contribution < -0.4 is 4.90 Å². The van der Waals surface area contributed by atoms with Gasteiger partial charge in [0.2, 0.25) is 0 Å². The Hall–Kier alpha value is -3.42. The molecule has 0 radical (unpaired) electrons. The van der Waals surface area contributed by atoms with E-state index in [0.717, 1.165) is 18.5 Å². The molecule has 5 nitrogen and oxygen atoms in total. The van der Waals surface area contributed by atoms with Crippen molar-refractivity contribution in [2.75, 3.05) is 18.0 Å². The summed E-state index contributed by atoms with van der Waals surface area (Å²) < 4.78 is 0.283. The maximum absolute atomic E-state index is 13.1. The second kappa shape index (κ2) is 20.6. The number of carboxylic acids is 1. The van der Waals surface area contributed by atoms with Crippen LogP contribution in [0.2, 0.25) is 0 Å². The van der Waals surface area contributed by atoms with Gasteiger partial charge in [-0.3, -0.25) is 14.5 Å². The maximum Gasteiger partial charge on any atom is 0.323 e. The van der Waals surface area contributed by atoms with Crippen LogP contribution in [0.4, 0.5) is 5.69 Å². The van der Waals surface area contributed by atoms with Crippen molar-refractivity contribution in [1.82, 2.24) is 4.90 Å². The molecule has 7 heteroatoms.